The highest BCUT2D eigenvalue weighted by atomic mass is 31.2. The molecule has 30 heavy (non-hydrogen) atoms. The number of phosphoric acid groups is 1. The van der Waals surface area contributed by atoms with Gasteiger partial charge in [0.25, 0.3) is 5.56 Å². The third kappa shape index (κ3) is 4.73. The van der Waals surface area contributed by atoms with Crippen LogP contribution in [0.5, 0.6) is 0 Å². The van der Waals surface area contributed by atoms with Gasteiger partial charge in [-0.05, 0) is 6.92 Å². The van der Waals surface area contributed by atoms with Crippen molar-refractivity contribution < 1.29 is 48.4 Å². The number of aromatic nitrogens is 2. The van der Waals surface area contributed by atoms with Gasteiger partial charge in [-0.1, -0.05) is 0 Å². The van der Waals surface area contributed by atoms with Crippen molar-refractivity contribution in [2.75, 3.05) is 13.2 Å². The van der Waals surface area contributed by atoms with Crippen molar-refractivity contribution in [2.24, 2.45) is 0 Å². The van der Waals surface area contributed by atoms with Crippen LogP contribution in [0.25, 0.3) is 0 Å². The van der Waals surface area contributed by atoms with E-state index in [0.29, 0.717) is 0 Å². The first-order valence-electron chi connectivity index (χ1n) is 8.96. The Labute approximate surface area is 168 Å². The first kappa shape index (κ1) is 23.2. The Morgan fingerprint density at radius 2 is 1.87 bits per heavy atom. The predicted molar refractivity (Wildman–Crippen MR) is 95.2 cm³/mol. The summed E-state index contributed by atoms with van der Waals surface area (Å²) in [5.41, 5.74) is -1.13. The van der Waals surface area contributed by atoms with Crippen LogP contribution in [0.4, 0.5) is 0 Å². The van der Waals surface area contributed by atoms with Gasteiger partial charge in [0.05, 0.1) is 13.2 Å². The highest BCUT2D eigenvalue weighted by molar-refractivity contribution is 7.47. The lowest BCUT2D eigenvalue weighted by Gasteiger charge is -2.24. The first-order valence-corrected chi connectivity index (χ1v) is 10.5. The summed E-state index contributed by atoms with van der Waals surface area (Å²) in [5, 5.41) is 38.0. The Morgan fingerprint density at radius 1 is 1.20 bits per heavy atom. The molecule has 3 heterocycles. The molecule has 2 fully saturated rings. The van der Waals surface area contributed by atoms with Gasteiger partial charge in [-0.25, -0.2) is 9.36 Å². The molecule has 1 aromatic heterocycles. The number of H-pyrrole nitrogens is 1. The molecule has 0 spiro atoms. The summed E-state index contributed by atoms with van der Waals surface area (Å²) in [6, 6.07) is 0. The van der Waals surface area contributed by atoms with Crippen LogP contribution >= 0.6 is 7.82 Å². The molecule has 3 rings (SSSR count). The molecule has 170 valence electrons. The number of aliphatic hydroxyl groups excluding tert-OH is 4. The Bertz CT molecular complexity index is 918. The highest BCUT2D eigenvalue weighted by Crippen LogP contribution is 2.50. The van der Waals surface area contributed by atoms with E-state index in [-0.39, 0.29) is 12.0 Å². The monoisotopic (exact) mass is 454 g/mol. The number of hydrogen-bond acceptors (Lipinski definition) is 11. The quantitative estimate of drug-likeness (QED) is 0.229. The Morgan fingerprint density at radius 3 is 2.50 bits per heavy atom. The van der Waals surface area contributed by atoms with Gasteiger partial charge in [0.15, 0.2) is 6.29 Å². The van der Waals surface area contributed by atoms with Crippen LogP contribution in [0.3, 0.4) is 0 Å². The number of aliphatic hydroxyl groups is 4. The van der Waals surface area contributed by atoms with Crippen LogP contribution in [0, 0.1) is 6.92 Å². The lowest BCUT2D eigenvalue weighted by atomic mass is 10.1. The van der Waals surface area contributed by atoms with Crippen molar-refractivity contribution in [2.45, 2.75) is 56.4 Å². The van der Waals surface area contributed by atoms with Crippen molar-refractivity contribution in [3.8, 4) is 0 Å². The van der Waals surface area contributed by atoms with E-state index in [2.05, 4.69) is 4.98 Å². The van der Waals surface area contributed by atoms with E-state index in [1.54, 1.807) is 0 Å². The van der Waals surface area contributed by atoms with Crippen LogP contribution in [0.2, 0.25) is 0 Å². The van der Waals surface area contributed by atoms with Crippen molar-refractivity contribution in [1.82, 2.24) is 9.55 Å². The lowest BCUT2D eigenvalue weighted by molar-refractivity contribution is -0.132. The molecule has 0 bridgehead atoms. The largest absolute Gasteiger partial charge is 0.473 e. The van der Waals surface area contributed by atoms with E-state index in [0.717, 1.165) is 4.57 Å². The van der Waals surface area contributed by atoms with Crippen LogP contribution in [0.1, 0.15) is 18.2 Å². The second-order valence-corrected chi connectivity index (χ2v) is 8.31. The number of aromatic amines is 1. The smallest absolute Gasteiger partial charge is 0.394 e. The molecule has 0 amide bonds. The van der Waals surface area contributed by atoms with E-state index in [4.69, 9.17) is 18.5 Å². The molecule has 0 radical (unpaired) electrons. The molecule has 0 aromatic carbocycles. The maximum atomic E-state index is 12.4. The normalized spacial score (nSPS) is 36.1. The van der Waals surface area contributed by atoms with Crippen LogP contribution in [-0.2, 0) is 23.1 Å². The first-order chi connectivity index (χ1) is 14.1. The molecular formula is C15H23N2O12P. The van der Waals surface area contributed by atoms with Crippen molar-refractivity contribution in [1.29, 1.82) is 0 Å². The van der Waals surface area contributed by atoms with Gasteiger partial charge in [-0.15, -0.1) is 0 Å². The van der Waals surface area contributed by atoms with Crippen LogP contribution < -0.4 is 11.2 Å². The maximum Gasteiger partial charge on any atom is 0.473 e. The zero-order valence-electron chi connectivity index (χ0n) is 15.7. The summed E-state index contributed by atoms with van der Waals surface area (Å²) < 4.78 is 33.8. The molecular weight excluding hydrogens is 431 g/mol. The Hall–Kier alpha value is -1.45. The highest BCUT2D eigenvalue weighted by Gasteiger charge is 2.49. The molecule has 2 aliphatic rings. The fourth-order valence-electron chi connectivity index (χ4n) is 3.29. The van der Waals surface area contributed by atoms with E-state index in [9.17, 15) is 39.5 Å². The fraction of sp³-hybridized carbons (Fsp3) is 0.733. The Balaban J connectivity index is 1.74. The summed E-state index contributed by atoms with van der Waals surface area (Å²) in [5.74, 6) is 0. The molecule has 6 N–H and O–H groups in total. The summed E-state index contributed by atoms with van der Waals surface area (Å²) in [6.07, 6.45) is -8.50. The SMILES string of the molecule is Cc1cn([C@H]2C[C@H](OP(=O)(O)O[C@H]3[C@@H](O)[C@H](O)O[C@@H]3CO)[C@@H](CO)O2)c(=O)[nH]c1=O. The topological polar surface area (TPSA) is 210 Å². The van der Waals surface area contributed by atoms with E-state index in [1.807, 2.05) is 0 Å². The summed E-state index contributed by atoms with van der Waals surface area (Å²) >= 11 is 0. The third-order valence-corrected chi connectivity index (χ3v) is 5.88. The number of ether oxygens (including phenoxy) is 2. The molecule has 14 nitrogen and oxygen atoms in total. The third-order valence-electron chi connectivity index (χ3n) is 4.83. The number of phosphoric ester groups is 1. The number of aryl methyl sites for hydroxylation is 1. The second-order valence-electron chi connectivity index (χ2n) is 6.95. The minimum absolute atomic E-state index is 0.152. The fourth-order valence-corrected chi connectivity index (χ4v) is 4.47. The van der Waals surface area contributed by atoms with Crippen molar-refractivity contribution in [3.63, 3.8) is 0 Å². The number of nitrogens with zero attached hydrogens (tertiary/aromatic N) is 1. The molecule has 1 unspecified atom stereocenters. The molecule has 2 saturated heterocycles. The molecule has 1 aromatic rings. The van der Waals surface area contributed by atoms with Gasteiger partial charge in [0, 0.05) is 18.2 Å². The molecule has 8 atom stereocenters. The van der Waals surface area contributed by atoms with Gasteiger partial charge in [0.2, 0.25) is 0 Å². The van der Waals surface area contributed by atoms with Crippen molar-refractivity contribution >= 4 is 7.82 Å². The molecule has 2 aliphatic heterocycles. The van der Waals surface area contributed by atoms with Gasteiger partial charge >= 0.3 is 13.5 Å². The van der Waals surface area contributed by atoms with Crippen LogP contribution in [0.15, 0.2) is 15.8 Å². The average molecular weight is 454 g/mol. The van der Waals surface area contributed by atoms with Gasteiger partial charge in [0.1, 0.15) is 36.7 Å². The Kier molecular flexibility index (Phi) is 6.94. The summed E-state index contributed by atoms with van der Waals surface area (Å²) in [4.78, 5) is 35.7. The molecule has 0 aliphatic carbocycles. The maximum absolute atomic E-state index is 12.4. The second kappa shape index (κ2) is 8.96. The average Bonchev–Trinajstić information content (AvgIpc) is 3.19. The van der Waals surface area contributed by atoms with Crippen LogP contribution in [-0.4, -0.2) is 84.9 Å². The van der Waals surface area contributed by atoms with E-state index < -0.39 is 75.3 Å². The number of nitrogens with one attached hydrogen (secondary N) is 1. The summed E-state index contributed by atoms with van der Waals surface area (Å²) in [7, 11) is -4.90. The number of rotatable bonds is 7. The predicted octanol–water partition coefficient (Wildman–Crippen LogP) is -2.93. The summed E-state index contributed by atoms with van der Waals surface area (Å²) in [6.45, 7) is 0.143. The van der Waals surface area contributed by atoms with Gasteiger partial charge < -0.3 is 34.8 Å². The minimum atomic E-state index is -4.90. The zero-order valence-corrected chi connectivity index (χ0v) is 16.6. The zero-order chi connectivity index (χ0) is 22.2. The molecule has 0 saturated carbocycles. The standard InChI is InChI=1S/C15H23N2O12P/c1-6-3-17(15(23)16-13(6)21)10-2-7(8(4-18)26-10)28-30(24,25)29-12-9(5-19)27-14(22)11(12)20/h3,7-12,14,18-20,22H,2,4-5H2,1H3,(H,24,25)(H,16,21,23)/t7-,8+,9+,10+,11+,12+,14+/m0/s1. The van der Waals surface area contributed by atoms with Gasteiger partial charge in [-0.2, -0.15) is 0 Å². The van der Waals surface area contributed by atoms with Gasteiger partial charge in [-0.3, -0.25) is 23.4 Å². The lowest BCUT2D eigenvalue weighted by Crippen LogP contribution is -2.37. The number of hydrogen-bond donors (Lipinski definition) is 6. The van der Waals surface area contributed by atoms with E-state index in [1.165, 1.54) is 13.1 Å². The van der Waals surface area contributed by atoms with Crippen molar-refractivity contribution in [3.05, 3.63) is 32.6 Å². The molecule has 15 heteroatoms. The van der Waals surface area contributed by atoms with E-state index >= 15 is 0 Å². The minimum Gasteiger partial charge on any atom is -0.394 e.